The van der Waals surface area contributed by atoms with Crippen LogP contribution in [0.4, 0.5) is 4.79 Å². The maximum atomic E-state index is 11.9. The normalized spacial score (nSPS) is 15.4. The third-order valence-corrected chi connectivity index (χ3v) is 3.32. The van der Waals surface area contributed by atoms with Gasteiger partial charge in [-0.2, -0.15) is 11.8 Å². The van der Waals surface area contributed by atoms with Crippen LogP contribution in [0.25, 0.3) is 0 Å². The van der Waals surface area contributed by atoms with Crippen LogP contribution >= 0.6 is 11.8 Å². The second-order valence-electron chi connectivity index (χ2n) is 4.81. The van der Waals surface area contributed by atoms with Gasteiger partial charge < -0.3 is 21.5 Å². The molecular formula is C12H25N3O3S. The molecule has 5 N–H and O–H groups in total. The van der Waals surface area contributed by atoms with Gasteiger partial charge in [0, 0.05) is 6.54 Å². The summed E-state index contributed by atoms with van der Waals surface area (Å²) in [5.74, 6) is 0.424. The molecule has 0 aliphatic carbocycles. The minimum absolute atomic E-state index is 0.163. The predicted molar refractivity (Wildman–Crippen MR) is 78.0 cm³/mol. The maximum Gasteiger partial charge on any atom is 0.312 e. The number of nitrogens with two attached hydrogens (primary N) is 1. The average molecular weight is 291 g/mol. The van der Waals surface area contributed by atoms with Crippen molar-refractivity contribution >= 4 is 23.7 Å². The predicted octanol–water partition coefficient (Wildman–Crippen LogP) is 0.444. The highest BCUT2D eigenvalue weighted by Crippen LogP contribution is 2.10. The lowest BCUT2D eigenvalue weighted by atomic mass is 10.0. The summed E-state index contributed by atoms with van der Waals surface area (Å²) >= 11 is 1.58. The summed E-state index contributed by atoms with van der Waals surface area (Å²) in [4.78, 5) is 22.8. The number of primary amides is 1. The number of nitrogens with one attached hydrogen (secondary N) is 2. The van der Waals surface area contributed by atoms with Crippen molar-refractivity contribution in [3.05, 3.63) is 0 Å². The van der Waals surface area contributed by atoms with Crippen LogP contribution < -0.4 is 16.4 Å². The average Bonchev–Trinajstić information content (AvgIpc) is 2.31. The van der Waals surface area contributed by atoms with Crippen LogP contribution in [0.1, 0.15) is 33.1 Å². The molecule has 0 fully saturated rings. The first-order valence-electron chi connectivity index (χ1n) is 6.37. The molecule has 0 rings (SSSR count). The Balaban J connectivity index is 4.34. The lowest BCUT2D eigenvalue weighted by molar-refractivity contribution is -0.124. The fourth-order valence-corrected chi connectivity index (χ4v) is 2.18. The second kappa shape index (κ2) is 9.03. The van der Waals surface area contributed by atoms with Crippen LogP contribution in [0.3, 0.4) is 0 Å². The van der Waals surface area contributed by atoms with E-state index in [1.807, 2.05) is 13.2 Å². The molecule has 0 saturated carbocycles. The van der Waals surface area contributed by atoms with E-state index in [1.165, 1.54) is 0 Å². The molecule has 0 aliphatic heterocycles. The molecule has 0 aromatic carbocycles. The fourth-order valence-electron chi connectivity index (χ4n) is 1.70. The van der Waals surface area contributed by atoms with Crippen molar-refractivity contribution < 1.29 is 14.7 Å². The number of hydrogen-bond acceptors (Lipinski definition) is 4. The monoisotopic (exact) mass is 291 g/mol. The molecule has 2 unspecified atom stereocenters. The smallest absolute Gasteiger partial charge is 0.312 e. The van der Waals surface area contributed by atoms with Crippen molar-refractivity contribution in [3.8, 4) is 0 Å². The van der Waals surface area contributed by atoms with E-state index < -0.39 is 17.7 Å². The Bertz CT molecular complexity index is 298. The molecule has 0 aliphatic rings. The number of carbonyl (C=O) groups is 2. The Morgan fingerprint density at radius 1 is 1.47 bits per heavy atom. The summed E-state index contributed by atoms with van der Waals surface area (Å²) in [6.45, 7) is 3.80. The Labute approximate surface area is 118 Å². The zero-order valence-corrected chi connectivity index (χ0v) is 12.7. The number of hydrogen-bond donors (Lipinski definition) is 4. The van der Waals surface area contributed by atoms with Crippen molar-refractivity contribution in [2.24, 2.45) is 5.73 Å². The summed E-state index contributed by atoms with van der Waals surface area (Å²) in [5, 5.41) is 15.0. The van der Waals surface area contributed by atoms with Crippen LogP contribution in [0.5, 0.6) is 0 Å². The van der Waals surface area contributed by atoms with Gasteiger partial charge in [0.15, 0.2) is 0 Å². The van der Waals surface area contributed by atoms with Crippen LogP contribution in [-0.2, 0) is 4.79 Å². The van der Waals surface area contributed by atoms with Gasteiger partial charge in [-0.05, 0) is 31.8 Å². The first kappa shape index (κ1) is 18.0. The number of thioether (sulfide) groups is 1. The van der Waals surface area contributed by atoms with Gasteiger partial charge in [-0.1, -0.05) is 13.3 Å². The Kier molecular flexibility index (Phi) is 8.58. The molecule has 0 aromatic heterocycles. The molecule has 0 bridgehead atoms. The van der Waals surface area contributed by atoms with Gasteiger partial charge >= 0.3 is 6.03 Å². The van der Waals surface area contributed by atoms with E-state index in [-0.39, 0.29) is 12.5 Å². The number of aliphatic hydroxyl groups is 1. The van der Waals surface area contributed by atoms with E-state index in [0.29, 0.717) is 12.8 Å². The van der Waals surface area contributed by atoms with Crippen LogP contribution in [-0.4, -0.2) is 47.2 Å². The second-order valence-corrected chi connectivity index (χ2v) is 5.79. The summed E-state index contributed by atoms with van der Waals surface area (Å²) in [5.41, 5.74) is 4.12. The molecule has 0 radical (unpaired) electrons. The molecule has 0 saturated heterocycles. The van der Waals surface area contributed by atoms with Gasteiger partial charge in [0.05, 0.1) is 5.60 Å². The van der Waals surface area contributed by atoms with E-state index >= 15 is 0 Å². The van der Waals surface area contributed by atoms with E-state index in [0.717, 1.165) is 12.2 Å². The molecule has 6 nitrogen and oxygen atoms in total. The quantitative estimate of drug-likeness (QED) is 0.495. The first-order valence-corrected chi connectivity index (χ1v) is 7.76. The molecule has 2 atom stereocenters. The summed E-state index contributed by atoms with van der Waals surface area (Å²) in [7, 11) is 0. The molecule has 3 amide bonds. The standard InChI is InChI=1S/C12H25N3O3S/c1-4-6-12(2,18)8-14-10(16)9(5-7-19-3)15-11(13)17/h9,18H,4-8H2,1-3H3,(H,14,16)(H3,13,15,17). The SMILES string of the molecule is CCCC(C)(O)CNC(=O)C(CCSC)NC(N)=O. The van der Waals surface area contributed by atoms with E-state index in [2.05, 4.69) is 10.6 Å². The van der Waals surface area contributed by atoms with E-state index in [9.17, 15) is 14.7 Å². The van der Waals surface area contributed by atoms with Crippen LogP contribution in [0.2, 0.25) is 0 Å². The van der Waals surface area contributed by atoms with E-state index in [1.54, 1.807) is 18.7 Å². The van der Waals surface area contributed by atoms with E-state index in [4.69, 9.17) is 5.73 Å². The largest absolute Gasteiger partial charge is 0.388 e. The number of rotatable bonds is 9. The Morgan fingerprint density at radius 3 is 2.58 bits per heavy atom. The fraction of sp³-hybridized carbons (Fsp3) is 0.833. The number of amides is 3. The van der Waals surface area contributed by atoms with Gasteiger partial charge in [0.1, 0.15) is 6.04 Å². The van der Waals surface area contributed by atoms with Gasteiger partial charge in [-0.25, -0.2) is 4.79 Å². The van der Waals surface area contributed by atoms with Crippen LogP contribution in [0, 0.1) is 0 Å². The third-order valence-electron chi connectivity index (χ3n) is 2.68. The van der Waals surface area contributed by atoms with Gasteiger partial charge in [0.25, 0.3) is 0 Å². The molecule has 0 spiro atoms. The summed E-state index contributed by atoms with van der Waals surface area (Å²) in [6.07, 6.45) is 3.86. The highest BCUT2D eigenvalue weighted by atomic mass is 32.2. The lowest BCUT2D eigenvalue weighted by Crippen LogP contribution is -2.51. The topological polar surface area (TPSA) is 104 Å². The zero-order chi connectivity index (χ0) is 14.9. The van der Waals surface area contributed by atoms with Gasteiger partial charge in [-0.15, -0.1) is 0 Å². The number of urea groups is 1. The Morgan fingerprint density at radius 2 is 2.11 bits per heavy atom. The maximum absolute atomic E-state index is 11.9. The molecule has 0 heterocycles. The highest BCUT2D eigenvalue weighted by molar-refractivity contribution is 7.98. The minimum Gasteiger partial charge on any atom is -0.388 e. The number of carbonyl (C=O) groups excluding carboxylic acids is 2. The highest BCUT2D eigenvalue weighted by Gasteiger charge is 2.24. The van der Waals surface area contributed by atoms with Crippen LogP contribution in [0.15, 0.2) is 0 Å². The molecule has 112 valence electrons. The molecule has 0 aromatic rings. The molecular weight excluding hydrogens is 266 g/mol. The van der Waals surface area contributed by atoms with Gasteiger partial charge in [-0.3, -0.25) is 4.79 Å². The Hall–Kier alpha value is -0.950. The summed E-state index contributed by atoms with van der Waals surface area (Å²) in [6, 6.07) is -1.37. The minimum atomic E-state index is -0.929. The van der Waals surface area contributed by atoms with Crippen molar-refractivity contribution in [1.29, 1.82) is 0 Å². The first-order chi connectivity index (χ1) is 8.82. The molecule has 7 heteroatoms. The van der Waals surface area contributed by atoms with Crippen molar-refractivity contribution in [3.63, 3.8) is 0 Å². The van der Waals surface area contributed by atoms with Crippen molar-refractivity contribution in [2.45, 2.75) is 44.8 Å². The molecule has 19 heavy (non-hydrogen) atoms. The summed E-state index contributed by atoms with van der Waals surface area (Å²) < 4.78 is 0. The third kappa shape index (κ3) is 8.72. The van der Waals surface area contributed by atoms with Gasteiger partial charge in [0.2, 0.25) is 5.91 Å². The zero-order valence-electron chi connectivity index (χ0n) is 11.9. The lowest BCUT2D eigenvalue weighted by Gasteiger charge is -2.25. The van der Waals surface area contributed by atoms with Crippen molar-refractivity contribution in [2.75, 3.05) is 18.6 Å². The van der Waals surface area contributed by atoms with Crippen molar-refractivity contribution in [1.82, 2.24) is 10.6 Å².